The van der Waals surface area contributed by atoms with Crippen LogP contribution < -0.4 is 21.5 Å². The fraction of sp³-hybridized carbons (Fsp3) is 0. The third-order valence-corrected chi connectivity index (χ3v) is 2.48. The maximum absolute atomic E-state index is 11.1. The molecule has 0 fully saturated rings. The Kier molecular flexibility index (Phi) is 3.85. The number of anilines is 1. The van der Waals surface area contributed by atoms with Gasteiger partial charge < -0.3 is 21.5 Å². The molecule has 6 nitrogen and oxygen atoms in total. The monoisotopic (exact) mass is 271 g/mol. The van der Waals surface area contributed by atoms with Crippen LogP contribution in [0.25, 0.3) is 0 Å². The van der Waals surface area contributed by atoms with Crippen LogP contribution in [0.3, 0.4) is 0 Å². The minimum Gasteiger partial charge on any atom is -0.457 e. The smallest absolute Gasteiger partial charge is 0.316 e. The Morgan fingerprint density at radius 2 is 1.65 bits per heavy atom. The molecule has 5 N–H and O–H groups in total. The highest BCUT2D eigenvalue weighted by Gasteiger charge is 2.03. The number of primary amides is 2. The molecule has 0 saturated heterocycles. The number of hydrogen-bond donors (Lipinski definition) is 3. The van der Waals surface area contributed by atoms with Crippen LogP contribution in [-0.4, -0.2) is 11.9 Å². The van der Waals surface area contributed by atoms with Gasteiger partial charge in [-0.05, 0) is 42.5 Å². The molecular weight excluding hydrogens is 258 g/mol. The summed E-state index contributed by atoms with van der Waals surface area (Å²) >= 11 is 0. The molecule has 2 aromatic carbocycles. The van der Waals surface area contributed by atoms with Crippen LogP contribution in [0.4, 0.5) is 10.5 Å². The standard InChI is InChI=1S/C14H13N3O3/c15-13(18)9-2-1-3-12(8-9)20-11-6-4-10(5-7-11)17-14(16)19/h1-8H,(H2,15,18)(H3,16,17,19). The Morgan fingerprint density at radius 1 is 0.950 bits per heavy atom. The van der Waals surface area contributed by atoms with E-state index in [0.29, 0.717) is 22.7 Å². The first-order valence-electron chi connectivity index (χ1n) is 5.79. The highest BCUT2D eigenvalue weighted by atomic mass is 16.5. The normalized spacial score (nSPS) is 9.80. The molecule has 102 valence electrons. The van der Waals surface area contributed by atoms with E-state index in [4.69, 9.17) is 16.2 Å². The van der Waals surface area contributed by atoms with Crippen molar-refractivity contribution in [3.63, 3.8) is 0 Å². The third-order valence-electron chi connectivity index (χ3n) is 2.48. The van der Waals surface area contributed by atoms with Gasteiger partial charge in [0.25, 0.3) is 0 Å². The second kappa shape index (κ2) is 5.75. The van der Waals surface area contributed by atoms with Crippen molar-refractivity contribution >= 4 is 17.6 Å². The molecule has 0 aliphatic carbocycles. The van der Waals surface area contributed by atoms with Gasteiger partial charge in [-0.2, -0.15) is 0 Å². The SMILES string of the molecule is NC(=O)Nc1ccc(Oc2cccc(C(N)=O)c2)cc1. The lowest BCUT2D eigenvalue weighted by Crippen LogP contribution is -2.19. The summed E-state index contributed by atoms with van der Waals surface area (Å²) in [6.07, 6.45) is 0. The molecule has 0 atom stereocenters. The highest BCUT2D eigenvalue weighted by Crippen LogP contribution is 2.23. The largest absolute Gasteiger partial charge is 0.457 e. The molecule has 6 heteroatoms. The van der Waals surface area contributed by atoms with E-state index in [1.807, 2.05) is 0 Å². The molecule has 2 rings (SSSR count). The van der Waals surface area contributed by atoms with Crippen LogP contribution in [0, 0.1) is 0 Å². The van der Waals surface area contributed by atoms with E-state index in [-0.39, 0.29) is 0 Å². The molecular formula is C14H13N3O3. The molecule has 0 heterocycles. The lowest BCUT2D eigenvalue weighted by molar-refractivity contribution is 0.1000. The lowest BCUT2D eigenvalue weighted by atomic mass is 10.2. The third kappa shape index (κ3) is 3.49. The molecule has 0 aliphatic rings. The van der Waals surface area contributed by atoms with Crippen molar-refractivity contribution in [1.29, 1.82) is 0 Å². The Morgan fingerprint density at radius 3 is 2.25 bits per heavy atom. The average Bonchev–Trinajstić information content (AvgIpc) is 2.41. The number of nitrogens with two attached hydrogens (primary N) is 2. The predicted molar refractivity (Wildman–Crippen MR) is 74.7 cm³/mol. The number of nitrogens with one attached hydrogen (secondary N) is 1. The number of urea groups is 1. The molecule has 0 bridgehead atoms. The second-order valence-corrected chi connectivity index (χ2v) is 4.01. The average molecular weight is 271 g/mol. The summed E-state index contributed by atoms with van der Waals surface area (Å²) in [5.41, 5.74) is 11.1. The number of carbonyl (C=O) groups excluding carboxylic acids is 2. The minimum absolute atomic E-state index is 0.370. The molecule has 0 radical (unpaired) electrons. The fourth-order valence-electron chi connectivity index (χ4n) is 1.60. The fourth-order valence-corrected chi connectivity index (χ4v) is 1.60. The van der Waals surface area contributed by atoms with E-state index < -0.39 is 11.9 Å². The van der Waals surface area contributed by atoms with Crippen LogP contribution >= 0.6 is 0 Å². The Labute approximate surface area is 115 Å². The zero-order chi connectivity index (χ0) is 14.5. The van der Waals surface area contributed by atoms with Crippen molar-refractivity contribution in [3.05, 3.63) is 54.1 Å². The van der Waals surface area contributed by atoms with E-state index in [2.05, 4.69) is 5.32 Å². The summed E-state index contributed by atoms with van der Waals surface area (Å²) in [5, 5.41) is 2.44. The van der Waals surface area contributed by atoms with Crippen LogP contribution in [0.15, 0.2) is 48.5 Å². The first-order chi connectivity index (χ1) is 9.54. The summed E-state index contributed by atoms with van der Waals surface area (Å²) in [6, 6.07) is 12.6. The van der Waals surface area contributed by atoms with Gasteiger partial charge in [0.05, 0.1) is 0 Å². The van der Waals surface area contributed by atoms with Crippen LogP contribution in [0.2, 0.25) is 0 Å². The zero-order valence-electron chi connectivity index (χ0n) is 10.5. The van der Waals surface area contributed by atoms with E-state index in [9.17, 15) is 9.59 Å². The van der Waals surface area contributed by atoms with Crippen molar-refractivity contribution in [2.75, 3.05) is 5.32 Å². The van der Waals surface area contributed by atoms with E-state index in [1.165, 1.54) is 0 Å². The molecule has 3 amide bonds. The minimum atomic E-state index is -0.632. The van der Waals surface area contributed by atoms with Gasteiger partial charge in [-0.3, -0.25) is 4.79 Å². The first kappa shape index (κ1) is 13.4. The van der Waals surface area contributed by atoms with Crippen LogP contribution in [-0.2, 0) is 0 Å². The van der Waals surface area contributed by atoms with Gasteiger partial charge in [-0.1, -0.05) is 6.07 Å². The predicted octanol–water partition coefficient (Wildman–Crippen LogP) is 2.07. The van der Waals surface area contributed by atoms with Crippen molar-refractivity contribution < 1.29 is 14.3 Å². The maximum atomic E-state index is 11.1. The van der Waals surface area contributed by atoms with E-state index >= 15 is 0 Å². The number of hydrogen-bond acceptors (Lipinski definition) is 3. The van der Waals surface area contributed by atoms with Crippen LogP contribution in [0.5, 0.6) is 11.5 Å². The summed E-state index contributed by atoms with van der Waals surface area (Å²) in [7, 11) is 0. The van der Waals surface area contributed by atoms with Crippen molar-refractivity contribution in [2.45, 2.75) is 0 Å². The number of benzene rings is 2. The molecule has 0 spiro atoms. The van der Waals surface area contributed by atoms with Gasteiger partial charge in [0.2, 0.25) is 5.91 Å². The number of rotatable bonds is 4. The number of carbonyl (C=O) groups is 2. The molecule has 2 aromatic rings. The van der Waals surface area contributed by atoms with Gasteiger partial charge in [0.1, 0.15) is 11.5 Å². The molecule has 20 heavy (non-hydrogen) atoms. The van der Waals surface area contributed by atoms with Gasteiger partial charge >= 0.3 is 6.03 Å². The number of amides is 3. The summed E-state index contributed by atoms with van der Waals surface area (Å²) in [6.45, 7) is 0. The molecule has 0 unspecified atom stereocenters. The topological polar surface area (TPSA) is 107 Å². The van der Waals surface area contributed by atoms with Crippen molar-refractivity contribution in [3.8, 4) is 11.5 Å². The quantitative estimate of drug-likeness (QED) is 0.792. The first-order valence-corrected chi connectivity index (χ1v) is 5.79. The summed E-state index contributed by atoms with van der Waals surface area (Å²) in [5.74, 6) is 0.537. The molecule has 0 aliphatic heterocycles. The molecule has 0 saturated carbocycles. The Balaban J connectivity index is 2.11. The Hall–Kier alpha value is -3.02. The van der Waals surface area contributed by atoms with E-state index in [0.717, 1.165) is 0 Å². The Bertz CT molecular complexity index is 638. The summed E-state index contributed by atoms with van der Waals surface area (Å²) < 4.78 is 5.58. The van der Waals surface area contributed by atoms with Gasteiger partial charge in [-0.15, -0.1) is 0 Å². The number of ether oxygens (including phenoxy) is 1. The van der Waals surface area contributed by atoms with Gasteiger partial charge in [-0.25, -0.2) is 4.79 Å². The highest BCUT2D eigenvalue weighted by molar-refractivity contribution is 5.93. The van der Waals surface area contributed by atoms with Crippen molar-refractivity contribution in [2.24, 2.45) is 11.5 Å². The van der Waals surface area contributed by atoms with Gasteiger partial charge in [0, 0.05) is 11.3 Å². The van der Waals surface area contributed by atoms with Crippen molar-refractivity contribution in [1.82, 2.24) is 0 Å². The van der Waals surface area contributed by atoms with Crippen LogP contribution in [0.1, 0.15) is 10.4 Å². The second-order valence-electron chi connectivity index (χ2n) is 4.01. The zero-order valence-corrected chi connectivity index (χ0v) is 10.5. The van der Waals surface area contributed by atoms with Gasteiger partial charge in [0.15, 0.2) is 0 Å². The summed E-state index contributed by atoms with van der Waals surface area (Å²) in [4.78, 5) is 21.7. The lowest BCUT2D eigenvalue weighted by Gasteiger charge is -2.07. The maximum Gasteiger partial charge on any atom is 0.316 e. The van der Waals surface area contributed by atoms with E-state index in [1.54, 1.807) is 48.5 Å². The molecule has 0 aromatic heterocycles.